The molecule has 2 heterocycles. The van der Waals surface area contributed by atoms with E-state index < -0.39 is 0 Å². The van der Waals surface area contributed by atoms with Gasteiger partial charge in [-0.3, -0.25) is 4.79 Å². The Morgan fingerprint density at radius 3 is 2.87 bits per heavy atom. The highest BCUT2D eigenvalue weighted by Crippen LogP contribution is 2.32. The topological polar surface area (TPSA) is 84.7 Å². The molecule has 1 unspecified atom stereocenters. The van der Waals surface area contributed by atoms with Gasteiger partial charge in [-0.25, -0.2) is 9.78 Å². The second-order valence-electron chi connectivity index (χ2n) is 6.27. The van der Waals surface area contributed by atoms with E-state index in [1.165, 1.54) is 12.8 Å². The summed E-state index contributed by atoms with van der Waals surface area (Å²) >= 11 is 0. The lowest BCUT2D eigenvalue weighted by Gasteiger charge is -2.16. The Hall–Kier alpha value is -2.05. The van der Waals surface area contributed by atoms with Crippen LogP contribution in [0.2, 0.25) is 0 Å². The molecule has 1 aromatic rings. The zero-order chi connectivity index (χ0) is 16.4. The van der Waals surface area contributed by atoms with Crippen LogP contribution >= 0.6 is 0 Å². The number of aryl methyl sites for hydroxylation is 1. The van der Waals surface area contributed by atoms with Gasteiger partial charge in [-0.05, 0) is 39.0 Å². The Morgan fingerprint density at radius 1 is 1.39 bits per heavy atom. The molecule has 0 radical (unpaired) electrons. The lowest BCUT2D eigenvalue weighted by molar-refractivity contribution is 0.0900. The van der Waals surface area contributed by atoms with Crippen molar-refractivity contribution in [2.24, 2.45) is 5.92 Å². The lowest BCUT2D eigenvalue weighted by Crippen LogP contribution is -2.38. The van der Waals surface area contributed by atoms with Crippen molar-refractivity contribution in [2.75, 3.05) is 19.7 Å². The summed E-state index contributed by atoms with van der Waals surface area (Å²) in [5.74, 6) is 1.34. The number of carbonyl (C=O) groups is 2. The van der Waals surface area contributed by atoms with Crippen LogP contribution in [-0.4, -0.2) is 47.6 Å². The molecule has 1 saturated carbocycles. The first-order valence-electron chi connectivity index (χ1n) is 8.25. The molecule has 0 spiro atoms. The first-order chi connectivity index (χ1) is 11.1. The Balaban J connectivity index is 1.55. The van der Waals surface area contributed by atoms with Crippen LogP contribution in [0.25, 0.3) is 0 Å². The van der Waals surface area contributed by atoms with Crippen LogP contribution in [0.5, 0.6) is 0 Å². The van der Waals surface area contributed by atoms with Crippen molar-refractivity contribution in [3.8, 4) is 0 Å². The Morgan fingerprint density at radius 2 is 2.17 bits per heavy atom. The van der Waals surface area contributed by atoms with Crippen molar-refractivity contribution in [1.29, 1.82) is 0 Å². The molecule has 3 rings (SSSR count). The first-order valence-corrected chi connectivity index (χ1v) is 8.25. The van der Waals surface area contributed by atoms with Gasteiger partial charge >= 0.3 is 6.09 Å². The van der Waals surface area contributed by atoms with Gasteiger partial charge in [0, 0.05) is 25.6 Å². The molecule has 7 nitrogen and oxygen atoms in total. The van der Waals surface area contributed by atoms with Gasteiger partial charge in [0.15, 0.2) is 5.89 Å². The number of rotatable bonds is 5. The summed E-state index contributed by atoms with van der Waals surface area (Å²) in [7, 11) is 0. The number of likely N-dealkylation sites (tertiary alicyclic amines) is 1. The van der Waals surface area contributed by atoms with Gasteiger partial charge in [0.25, 0.3) is 5.91 Å². The average Bonchev–Trinajstić information content (AvgIpc) is 3.05. The van der Waals surface area contributed by atoms with E-state index in [-0.39, 0.29) is 23.8 Å². The van der Waals surface area contributed by atoms with Crippen LogP contribution in [0, 0.1) is 12.8 Å². The molecule has 1 N–H and O–H groups in total. The normalized spacial score (nSPS) is 20.6. The number of carbonyl (C=O) groups excluding carboxylic acids is 2. The highest BCUT2D eigenvalue weighted by atomic mass is 16.6. The SMILES string of the molecule is CCOC(=O)N1CCC(NC(=O)c2oc(CC3CC3)nc2C)C1. The highest BCUT2D eigenvalue weighted by Gasteiger charge is 2.30. The van der Waals surface area contributed by atoms with Crippen LogP contribution in [0.4, 0.5) is 4.79 Å². The fourth-order valence-corrected chi connectivity index (χ4v) is 2.83. The molecular formula is C16H23N3O4. The van der Waals surface area contributed by atoms with Crippen LogP contribution in [0.3, 0.4) is 0 Å². The molecule has 7 heteroatoms. The summed E-state index contributed by atoms with van der Waals surface area (Å²) in [4.78, 5) is 30.0. The maximum atomic E-state index is 12.4. The van der Waals surface area contributed by atoms with Crippen LogP contribution < -0.4 is 5.32 Å². The van der Waals surface area contributed by atoms with E-state index in [4.69, 9.17) is 9.15 Å². The minimum atomic E-state index is -0.327. The van der Waals surface area contributed by atoms with E-state index in [2.05, 4.69) is 10.3 Å². The van der Waals surface area contributed by atoms with Crippen LogP contribution in [-0.2, 0) is 11.2 Å². The zero-order valence-electron chi connectivity index (χ0n) is 13.6. The number of aromatic nitrogens is 1. The number of nitrogens with one attached hydrogen (secondary N) is 1. The minimum absolute atomic E-state index is 0.0803. The summed E-state index contributed by atoms with van der Waals surface area (Å²) in [6.45, 7) is 4.97. The van der Waals surface area contributed by atoms with Gasteiger partial charge < -0.3 is 19.4 Å². The number of oxazole rings is 1. The molecule has 2 fully saturated rings. The molecule has 2 amide bonds. The van der Waals surface area contributed by atoms with Crippen LogP contribution in [0.1, 0.15) is 48.3 Å². The number of hydrogen-bond acceptors (Lipinski definition) is 5. The molecule has 1 aliphatic heterocycles. The van der Waals surface area contributed by atoms with Crippen LogP contribution in [0.15, 0.2) is 4.42 Å². The summed E-state index contributed by atoms with van der Waals surface area (Å²) < 4.78 is 10.6. The molecule has 0 bridgehead atoms. The van der Waals surface area contributed by atoms with Gasteiger partial charge in [-0.15, -0.1) is 0 Å². The average molecular weight is 321 g/mol. The molecule has 2 aliphatic rings. The number of ether oxygens (including phenoxy) is 1. The maximum absolute atomic E-state index is 12.4. The Kier molecular flexibility index (Phi) is 4.54. The largest absolute Gasteiger partial charge is 0.450 e. The van der Waals surface area contributed by atoms with Crippen molar-refractivity contribution < 1.29 is 18.7 Å². The van der Waals surface area contributed by atoms with Gasteiger partial charge in [0.2, 0.25) is 5.76 Å². The van der Waals surface area contributed by atoms with Crippen molar-refractivity contribution in [3.05, 3.63) is 17.3 Å². The standard InChI is InChI=1S/C16H23N3O4/c1-3-22-16(21)19-7-6-12(9-19)18-15(20)14-10(2)17-13(23-14)8-11-4-5-11/h11-12H,3-9H2,1-2H3,(H,18,20). The fraction of sp³-hybridized carbons (Fsp3) is 0.688. The maximum Gasteiger partial charge on any atom is 0.409 e. The minimum Gasteiger partial charge on any atom is -0.450 e. The lowest BCUT2D eigenvalue weighted by atomic mass is 10.2. The van der Waals surface area contributed by atoms with E-state index in [0.717, 1.165) is 6.42 Å². The number of amides is 2. The number of nitrogens with zero attached hydrogens (tertiary/aromatic N) is 2. The molecule has 1 aliphatic carbocycles. The molecule has 1 saturated heterocycles. The van der Waals surface area contributed by atoms with Gasteiger partial charge in [0.1, 0.15) is 0 Å². The van der Waals surface area contributed by atoms with Gasteiger partial charge in [-0.2, -0.15) is 0 Å². The molecule has 1 aromatic heterocycles. The molecule has 23 heavy (non-hydrogen) atoms. The Bertz CT molecular complexity index is 594. The van der Waals surface area contributed by atoms with E-state index in [0.29, 0.717) is 43.6 Å². The molecule has 1 atom stereocenters. The monoisotopic (exact) mass is 321 g/mol. The summed E-state index contributed by atoms with van der Waals surface area (Å²) in [6.07, 6.45) is 3.64. The third kappa shape index (κ3) is 3.83. The van der Waals surface area contributed by atoms with Crippen molar-refractivity contribution >= 4 is 12.0 Å². The van der Waals surface area contributed by atoms with Gasteiger partial charge in [0.05, 0.1) is 12.3 Å². The van der Waals surface area contributed by atoms with E-state index >= 15 is 0 Å². The molecule has 0 aromatic carbocycles. The summed E-state index contributed by atoms with van der Waals surface area (Å²) in [6, 6.07) is -0.0803. The predicted octanol–water partition coefficient (Wildman–Crippen LogP) is 1.90. The second kappa shape index (κ2) is 6.60. The first kappa shape index (κ1) is 15.8. The predicted molar refractivity (Wildman–Crippen MR) is 82.1 cm³/mol. The van der Waals surface area contributed by atoms with Crippen molar-refractivity contribution in [1.82, 2.24) is 15.2 Å². The second-order valence-corrected chi connectivity index (χ2v) is 6.27. The summed E-state index contributed by atoms with van der Waals surface area (Å²) in [5.41, 5.74) is 0.624. The summed E-state index contributed by atoms with van der Waals surface area (Å²) in [5, 5.41) is 2.92. The van der Waals surface area contributed by atoms with E-state index in [9.17, 15) is 9.59 Å². The Labute approximate surface area is 135 Å². The van der Waals surface area contributed by atoms with Gasteiger partial charge in [-0.1, -0.05) is 0 Å². The third-order valence-corrected chi connectivity index (χ3v) is 4.26. The zero-order valence-corrected chi connectivity index (χ0v) is 13.6. The van der Waals surface area contributed by atoms with Crippen molar-refractivity contribution in [3.63, 3.8) is 0 Å². The number of hydrogen-bond donors (Lipinski definition) is 1. The fourth-order valence-electron chi connectivity index (χ4n) is 2.83. The van der Waals surface area contributed by atoms with E-state index in [1.54, 1.807) is 18.7 Å². The van der Waals surface area contributed by atoms with Crippen molar-refractivity contribution in [2.45, 2.75) is 45.6 Å². The third-order valence-electron chi connectivity index (χ3n) is 4.26. The highest BCUT2D eigenvalue weighted by molar-refractivity contribution is 5.92. The van der Waals surface area contributed by atoms with E-state index in [1.807, 2.05) is 0 Å². The molecular weight excluding hydrogens is 298 g/mol. The molecule has 126 valence electrons. The quantitative estimate of drug-likeness (QED) is 0.895. The smallest absolute Gasteiger partial charge is 0.409 e.